The van der Waals surface area contributed by atoms with Crippen LogP contribution < -0.4 is 5.32 Å². The van der Waals surface area contributed by atoms with Gasteiger partial charge in [-0.1, -0.05) is 11.6 Å². The number of hydrogen-bond acceptors (Lipinski definition) is 2. The number of benzene rings is 1. The Labute approximate surface area is 128 Å². The second kappa shape index (κ2) is 5.92. The number of aliphatic hydroxyl groups excluding tert-OH is 1. The number of anilines is 1. The maximum Gasteiger partial charge on any atom is 0.244 e. The van der Waals surface area contributed by atoms with E-state index in [0.29, 0.717) is 10.9 Å². The van der Waals surface area contributed by atoms with Gasteiger partial charge in [0.25, 0.3) is 0 Å². The summed E-state index contributed by atoms with van der Waals surface area (Å²) in [7, 11) is 0. The lowest BCUT2D eigenvalue weighted by molar-refractivity contribution is -0.116. The van der Waals surface area contributed by atoms with Gasteiger partial charge in [-0.15, -0.1) is 0 Å². The maximum atomic E-state index is 12.0. The lowest BCUT2D eigenvalue weighted by Gasteiger charge is -2.07. The summed E-state index contributed by atoms with van der Waals surface area (Å²) in [4.78, 5) is 12.0. The molecule has 1 aliphatic carbocycles. The van der Waals surface area contributed by atoms with Crippen LogP contribution in [-0.4, -0.2) is 15.6 Å². The predicted octanol–water partition coefficient (Wildman–Crippen LogP) is 3.22. The molecule has 1 fully saturated rings. The lowest BCUT2D eigenvalue weighted by Crippen LogP contribution is -2.17. The second-order valence-electron chi connectivity index (χ2n) is 5.45. The number of amides is 1. The Morgan fingerprint density at radius 3 is 2.71 bits per heavy atom. The molecule has 1 atom stereocenters. The molecule has 0 bridgehead atoms. The minimum atomic E-state index is -0.398. The number of halogens is 1. The zero-order chi connectivity index (χ0) is 14.8. The SMILES string of the molecule is O=C(Cn1ccc(C(O)C2CC2)c1)Nc1ccc(Cl)cc1. The molecule has 1 aromatic heterocycles. The van der Waals surface area contributed by atoms with Crippen LogP contribution in [0.15, 0.2) is 42.7 Å². The number of rotatable bonds is 5. The molecule has 110 valence electrons. The van der Waals surface area contributed by atoms with E-state index < -0.39 is 6.10 Å². The minimum absolute atomic E-state index is 0.111. The third-order valence-corrected chi connectivity index (χ3v) is 3.89. The van der Waals surface area contributed by atoms with Gasteiger partial charge in [0.05, 0.1) is 6.10 Å². The molecule has 0 saturated heterocycles. The predicted molar refractivity (Wildman–Crippen MR) is 82.2 cm³/mol. The van der Waals surface area contributed by atoms with Gasteiger partial charge in [-0.2, -0.15) is 0 Å². The number of aliphatic hydroxyl groups is 1. The van der Waals surface area contributed by atoms with Crippen molar-refractivity contribution in [2.75, 3.05) is 5.32 Å². The van der Waals surface area contributed by atoms with Crippen molar-refractivity contribution in [2.45, 2.75) is 25.5 Å². The van der Waals surface area contributed by atoms with Crippen LogP contribution in [0.2, 0.25) is 5.02 Å². The molecule has 1 aliphatic rings. The van der Waals surface area contributed by atoms with E-state index >= 15 is 0 Å². The molecule has 0 spiro atoms. The first-order valence-electron chi connectivity index (χ1n) is 7.01. The minimum Gasteiger partial charge on any atom is -0.388 e. The highest BCUT2D eigenvalue weighted by atomic mass is 35.5. The van der Waals surface area contributed by atoms with Crippen molar-refractivity contribution >= 4 is 23.2 Å². The van der Waals surface area contributed by atoms with Crippen LogP contribution in [0.5, 0.6) is 0 Å². The first-order chi connectivity index (χ1) is 10.1. The highest BCUT2D eigenvalue weighted by Crippen LogP contribution is 2.40. The van der Waals surface area contributed by atoms with Gasteiger partial charge in [0.2, 0.25) is 5.91 Å². The van der Waals surface area contributed by atoms with Crippen molar-refractivity contribution in [3.05, 3.63) is 53.3 Å². The topological polar surface area (TPSA) is 54.3 Å². The molecule has 21 heavy (non-hydrogen) atoms. The molecule has 0 radical (unpaired) electrons. The van der Waals surface area contributed by atoms with Crippen molar-refractivity contribution in [1.82, 2.24) is 4.57 Å². The summed E-state index contributed by atoms with van der Waals surface area (Å²) < 4.78 is 1.78. The van der Waals surface area contributed by atoms with Crippen LogP contribution in [0.25, 0.3) is 0 Å². The van der Waals surface area contributed by atoms with Crippen molar-refractivity contribution in [3.63, 3.8) is 0 Å². The van der Waals surface area contributed by atoms with E-state index in [1.54, 1.807) is 28.8 Å². The van der Waals surface area contributed by atoms with Gasteiger partial charge >= 0.3 is 0 Å². The molecule has 4 nitrogen and oxygen atoms in total. The summed E-state index contributed by atoms with van der Waals surface area (Å²) in [6.45, 7) is 0.222. The van der Waals surface area contributed by atoms with E-state index in [1.807, 2.05) is 18.5 Å². The Morgan fingerprint density at radius 2 is 2.05 bits per heavy atom. The number of carbonyl (C=O) groups is 1. The summed E-state index contributed by atoms with van der Waals surface area (Å²) in [6.07, 6.45) is 5.44. The number of carbonyl (C=O) groups excluding carboxylic acids is 1. The van der Waals surface area contributed by atoms with Crippen LogP contribution in [0.4, 0.5) is 5.69 Å². The van der Waals surface area contributed by atoms with Crippen molar-refractivity contribution in [3.8, 4) is 0 Å². The molecule has 1 amide bonds. The molecule has 2 aromatic rings. The Balaban J connectivity index is 1.58. The van der Waals surface area contributed by atoms with Gasteiger partial charge in [0.15, 0.2) is 0 Å². The normalized spacial score (nSPS) is 15.7. The van der Waals surface area contributed by atoms with Crippen LogP contribution in [0.3, 0.4) is 0 Å². The highest BCUT2D eigenvalue weighted by Gasteiger charge is 2.31. The van der Waals surface area contributed by atoms with Gasteiger partial charge in [-0.25, -0.2) is 0 Å². The third-order valence-electron chi connectivity index (χ3n) is 3.64. The molecule has 1 unspecified atom stereocenters. The number of aromatic nitrogens is 1. The fraction of sp³-hybridized carbons (Fsp3) is 0.312. The number of hydrogen-bond donors (Lipinski definition) is 2. The molecular weight excluding hydrogens is 288 g/mol. The zero-order valence-electron chi connectivity index (χ0n) is 11.5. The third kappa shape index (κ3) is 3.65. The van der Waals surface area contributed by atoms with E-state index in [2.05, 4.69) is 5.32 Å². The molecule has 0 aliphatic heterocycles. The molecule has 5 heteroatoms. The van der Waals surface area contributed by atoms with Crippen LogP contribution in [-0.2, 0) is 11.3 Å². The van der Waals surface area contributed by atoms with Gasteiger partial charge < -0.3 is 15.0 Å². The molecule has 1 aromatic carbocycles. The van der Waals surface area contributed by atoms with Crippen LogP contribution in [0.1, 0.15) is 24.5 Å². The van der Waals surface area contributed by atoms with E-state index in [1.165, 1.54) is 0 Å². The Hall–Kier alpha value is -1.78. The van der Waals surface area contributed by atoms with E-state index in [9.17, 15) is 9.90 Å². The summed E-state index contributed by atoms with van der Waals surface area (Å²) >= 11 is 5.80. The fourth-order valence-electron chi connectivity index (χ4n) is 2.32. The van der Waals surface area contributed by atoms with Crippen LogP contribution in [0, 0.1) is 5.92 Å². The van der Waals surface area contributed by atoms with E-state index in [0.717, 1.165) is 24.1 Å². The molecule has 1 heterocycles. The smallest absolute Gasteiger partial charge is 0.244 e. The number of nitrogens with zero attached hydrogens (tertiary/aromatic N) is 1. The average Bonchev–Trinajstić information content (AvgIpc) is 3.21. The number of nitrogens with one attached hydrogen (secondary N) is 1. The Kier molecular flexibility index (Phi) is 3.99. The average molecular weight is 305 g/mol. The van der Waals surface area contributed by atoms with Crippen molar-refractivity contribution in [2.24, 2.45) is 5.92 Å². The summed E-state index contributed by atoms with van der Waals surface area (Å²) in [5, 5.41) is 13.5. The van der Waals surface area contributed by atoms with Crippen LogP contribution >= 0.6 is 11.6 Å². The fourth-order valence-corrected chi connectivity index (χ4v) is 2.44. The Bertz CT molecular complexity index is 632. The molecule has 1 saturated carbocycles. The van der Waals surface area contributed by atoms with E-state index in [-0.39, 0.29) is 12.5 Å². The first-order valence-corrected chi connectivity index (χ1v) is 7.39. The van der Waals surface area contributed by atoms with Gasteiger partial charge in [-0.3, -0.25) is 4.79 Å². The second-order valence-corrected chi connectivity index (χ2v) is 5.89. The zero-order valence-corrected chi connectivity index (χ0v) is 12.3. The van der Waals surface area contributed by atoms with Gasteiger partial charge in [0, 0.05) is 23.1 Å². The highest BCUT2D eigenvalue weighted by molar-refractivity contribution is 6.30. The van der Waals surface area contributed by atoms with E-state index in [4.69, 9.17) is 11.6 Å². The maximum absolute atomic E-state index is 12.0. The van der Waals surface area contributed by atoms with Gasteiger partial charge in [0.1, 0.15) is 6.54 Å². The largest absolute Gasteiger partial charge is 0.388 e. The molecular formula is C16H17ClN2O2. The standard InChI is InChI=1S/C16H17ClN2O2/c17-13-3-5-14(6-4-13)18-15(20)10-19-8-7-12(9-19)16(21)11-1-2-11/h3-9,11,16,21H,1-2,10H2,(H,18,20). The summed E-state index contributed by atoms with van der Waals surface area (Å²) in [5.74, 6) is 0.282. The Morgan fingerprint density at radius 1 is 1.33 bits per heavy atom. The first kappa shape index (κ1) is 14.2. The van der Waals surface area contributed by atoms with Crippen molar-refractivity contribution in [1.29, 1.82) is 0 Å². The lowest BCUT2D eigenvalue weighted by atomic mass is 10.1. The molecule has 2 N–H and O–H groups in total. The summed E-state index contributed by atoms with van der Waals surface area (Å²) in [6, 6.07) is 8.86. The molecule has 3 rings (SSSR count). The quantitative estimate of drug-likeness (QED) is 0.891. The van der Waals surface area contributed by atoms with Crippen molar-refractivity contribution < 1.29 is 9.90 Å². The van der Waals surface area contributed by atoms with Gasteiger partial charge in [-0.05, 0) is 54.7 Å². The summed E-state index contributed by atoms with van der Waals surface area (Å²) in [5.41, 5.74) is 1.60. The monoisotopic (exact) mass is 304 g/mol.